The maximum atomic E-state index is 12.9. The molecule has 1 aliphatic rings. The van der Waals surface area contributed by atoms with Crippen LogP contribution in [0.2, 0.25) is 5.02 Å². The molecular weight excluding hydrogens is 380 g/mol. The lowest BCUT2D eigenvalue weighted by Gasteiger charge is -2.26. The fourth-order valence-electron chi connectivity index (χ4n) is 2.71. The molecule has 0 spiro atoms. The molecule has 28 heavy (non-hydrogen) atoms. The van der Waals surface area contributed by atoms with Crippen LogP contribution in [-0.4, -0.2) is 23.9 Å². The van der Waals surface area contributed by atoms with Gasteiger partial charge in [0.05, 0.1) is 16.8 Å². The van der Waals surface area contributed by atoms with E-state index in [2.05, 4.69) is 5.32 Å². The molecule has 1 saturated heterocycles. The van der Waals surface area contributed by atoms with Crippen molar-refractivity contribution in [1.82, 2.24) is 5.32 Å². The smallest absolute Gasteiger partial charge is 0.335 e. The second-order valence-corrected chi connectivity index (χ2v) is 7.06. The Bertz CT molecular complexity index is 980. The quantitative estimate of drug-likeness (QED) is 0.621. The van der Waals surface area contributed by atoms with Crippen LogP contribution in [0.25, 0.3) is 6.08 Å². The summed E-state index contributed by atoms with van der Waals surface area (Å²) in [5, 5.41) is 2.56. The van der Waals surface area contributed by atoms with Crippen LogP contribution < -0.4 is 15.0 Å². The molecule has 144 valence electrons. The Balaban J connectivity index is 1.95. The third kappa shape index (κ3) is 4.07. The summed E-state index contributed by atoms with van der Waals surface area (Å²) in [7, 11) is 0. The number of anilines is 1. The second kappa shape index (κ2) is 7.86. The van der Waals surface area contributed by atoms with Crippen molar-refractivity contribution in [3.05, 3.63) is 64.2 Å². The fourth-order valence-corrected chi connectivity index (χ4v) is 2.94. The van der Waals surface area contributed by atoms with Crippen LogP contribution in [0.4, 0.5) is 10.5 Å². The van der Waals surface area contributed by atoms with Gasteiger partial charge in [-0.3, -0.25) is 14.9 Å². The number of aryl methyl sites for hydroxylation is 1. The number of carbonyl (C=O) groups is 3. The number of ether oxygens (including phenoxy) is 1. The van der Waals surface area contributed by atoms with E-state index in [-0.39, 0.29) is 11.7 Å². The number of hydrogen-bond donors (Lipinski definition) is 1. The van der Waals surface area contributed by atoms with Gasteiger partial charge in [0.25, 0.3) is 11.8 Å². The highest BCUT2D eigenvalue weighted by Crippen LogP contribution is 2.28. The van der Waals surface area contributed by atoms with Crippen LogP contribution in [0, 0.1) is 6.92 Å². The summed E-state index contributed by atoms with van der Waals surface area (Å²) in [5.41, 5.74) is 1.75. The number of barbiturate groups is 1. The van der Waals surface area contributed by atoms with E-state index < -0.39 is 17.8 Å². The van der Waals surface area contributed by atoms with Gasteiger partial charge in [0, 0.05) is 0 Å². The molecule has 2 aromatic carbocycles. The Labute approximate surface area is 167 Å². The molecule has 1 aliphatic heterocycles. The van der Waals surface area contributed by atoms with Crippen molar-refractivity contribution >= 4 is 41.2 Å². The normalized spacial score (nSPS) is 16.0. The Kier molecular flexibility index (Phi) is 5.51. The molecule has 0 saturated carbocycles. The first-order chi connectivity index (χ1) is 13.3. The van der Waals surface area contributed by atoms with Gasteiger partial charge in [-0.15, -0.1) is 0 Å². The van der Waals surface area contributed by atoms with Gasteiger partial charge in [0.1, 0.15) is 11.3 Å². The summed E-state index contributed by atoms with van der Waals surface area (Å²) >= 11 is 6.22. The Hall–Kier alpha value is -3.12. The van der Waals surface area contributed by atoms with Crippen molar-refractivity contribution in [1.29, 1.82) is 0 Å². The zero-order valence-electron chi connectivity index (χ0n) is 15.7. The minimum Gasteiger partial charge on any atom is -0.489 e. The first-order valence-corrected chi connectivity index (χ1v) is 9.08. The lowest BCUT2D eigenvalue weighted by molar-refractivity contribution is -0.122. The first kappa shape index (κ1) is 19.6. The minimum atomic E-state index is -0.783. The molecule has 0 radical (unpaired) electrons. The average molecular weight is 399 g/mol. The van der Waals surface area contributed by atoms with Gasteiger partial charge < -0.3 is 4.74 Å². The zero-order valence-corrected chi connectivity index (χ0v) is 16.4. The standard InChI is InChI=1S/C21H19ClN2O4/c1-12(2)28-18-9-6-14(11-17(18)22)10-16-19(25)23-21(27)24(20(16)26)15-7-4-13(3)5-8-15/h4-12H,1-3H3,(H,23,25,27)/b16-10+. The van der Waals surface area contributed by atoms with E-state index in [1.807, 2.05) is 20.8 Å². The van der Waals surface area contributed by atoms with Gasteiger partial charge in [0.15, 0.2) is 0 Å². The minimum absolute atomic E-state index is 0.0403. The van der Waals surface area contributed by atoms with Gasteiger partial charge in [-0.05, 0) is 56.7 Å². The van der Waals surface area contributed by atoms with Gasteiger partial charge in [-0.1, -0.05) is 35.4 Å². The van der Waals surface area contributed by atoms with E-state index in [1.165, 1.54) is 6.08 Å². The van der Waals surface area contributed by atoms with Gasteiger partial charge >= 0.3 is 6.03 Å². The molecule has 7 heteroatoms. The number of carbonyl (C=O) groups excluding carboxylic acids is 3. The number of rotatable bonds is 4. The molecule has 6 nitrogen and oxygen atoms in total. The fraction of sp³-hybridized carbons (Fsp3) is 0.190. The molecule has 1 heterocycles. The van der Waals surface area contributed by atoms with E-state index in [1.54, 1.807) is 42.5 Å². The Morgan fingerprint density at radius 3 is 2.36 bits per heavy atom. The van der Waals surface area contributed by atoms with E-state index in [4.69, 9.17) is 16.3 Å². The molecule has 0 aromatic heterocycles. The Morgan fingerprint density at radius 2 is 1.75 bits per heavy atom. The number of nitrogens with zero attached hydrogens (tertiary/aromatic N) is 1. The van der Waals surface area contributed by atoms with E-state index >= 15 is 0 Å². The lowest BCUT2D eigenvalue weighted by atomic mass is 10.1. The number of hydrogen-bond acceptors (Lipinski definition) is 4. The van der Waals surface area contributed by atoms with Crippen LogP contribution in [0.1, 0.15) is 25.0 Å². The van der Waals surface area contributed by atoms with E-state index in [9.17, 15) is 14.4 Å². The van der Waals surface area contributed by atoms with Crippen LogP contribution in [0.5, 0.6) is 5.75 Å². The topological polar surface area (TPSA) is 75.7 Å². The van der Waals surface area contributed by atoms with Crippen molar-refractivity contribution in [3.8, 4) is 5.75 Å². The first-order valence-electron chi connectivity index (χ1n) is 8.70. The van der Waals surface area contributed by atoms with Crippen LogP contribution in [0.3, 0.4) is 0 Å². The predicted molar refractivity (Wildman–Crippen MR) is 107 cm³/mol. The summed E-state index contributed by atoms with van der Waals surface area (Å²) < 4.78 is 5.58. The molecule has 1 fully saturated rings. The van der Waals surface area contributed by atoms with Gasteiger partial charge in [-0.25, -0.2) is 9.69 Å². The largest absolute Gasteiger partial charge is 0.489 e. The molecule has 0 aliphatic carbocycles. The molecule has 0 atom stereocenters. The molecule has 1 N–H and O–H groups in total. The number of benzene rings is 2. The number of halogens is 1. The van der Waals surface area contributed by atoms with Crippen molar-refractivity contribution < 1.29 is 19.1 Å². The summed E-state index contributed by atoms with van der Waals surface area (Å²) in [4.78, 5) is 38.2. The highest BCUT2D eigenvalue weighted by Gasteiger charge is 2.36. The summed E-state index contributed by atoms with van der Waals surface area (Å²) in [5.74, 6) is -0.942. The highest BCUT2D eigenvalue weighted by molar-refractivity contribution is 6.39. The highest BCUT2D eigenvalue weighted by atomic mass is 35.5. The average Bonchev–Trinajstić information content (AvgIpc) is 2.62. The van der Waals surface area contributed by atoms with Crippen LogP contribution >= 0.6 is 11.6 Å². The number of imide groups is 2. The molecule has 2 aromatic rings. The summed E-state index contributed by atoms with van der Waals surface area (Å²) in [6.45, 7) is 5.66. The summed E-state index contributed by atoms with van der Waals surface area (Å²) in [6, 6.07) is 11.0. The second-order valence-electron chi connectivity index (χ2n) is 6.65. The van der Waals surface area contributed by atoms with Crippen molar-refractivity contribution in [2.45, 2.75) is 26.9 Å². The number of nitrogens with one attached hydrogen (secondary N) is 1. The van der Waals surface area contributed by atoms with Crippen molar-refractivity contribution in [2.75, 3.05) is 4.90 Å². The monoisotopic (exact) mass is 398 g/mol. The van der Waals surface area contributed by atoms with Crippen molar-refractivity contribution in [2.24, 2.45) is 0 Å². The molecule has 0 bridgehead atoms. The number of amides is 4. The third-order valence-corrected chi connectivity index (χ3v) is 4.32. The molecule has 0 unspecified atom stereocenters. The maximum Gasteiger partial charge on any atom is 0.335 e. The van der Waals surface area contributed by atoms with E-state index in [0.717, 1.165) is 10.5 Å². The van der Waals surface area contributed by atoms with E-state index in [0.29, 0.717) is 22.0 Å². The SMILES string of the molecule is Cc1ccc(N2C(=O)NC(=O)/C(=C\c3ccc(OC(C)C)c(Cl)c3)C2=O)cc1. The maximum absolute atomic E-state index is 12.9. The van der Waals surface area contributed by atoms with Crippen molar-refractivity contribution in [3.63, 3.8) is 0 Å². The molecular formula is C21H19ClN2O4. The zero-order chi connectivity index (χ0) is 20.4. The van der Waals surface area contributed by atoms with Gasteiger partial charge in [-0.2, -0.15) is 0 Å². The summed E-state index contributed by atoms with van der Waals surface area (Å²) in [6.07, 6.45) is 1.36. The predicted octanol–water partition coefficient (Wildman–Crippen LogP) is 4.10. The molecule has 3 rings (SSSR count). The van der Waals surface area contributed by atoms with Gasteiger partial charge in [0.2, 0.25) is 0 Å². The van der Waals surface area contributed by atoms with Crippen LogP contribution in [0.15, 0.2) is 48.0 Å². The van der Waals surface area contributed by atoms with Crippen LogP contribution in [-0.2, 0) is 9.59 Å². The Morgan fingerprint density at radius 1 is 1.07 bits per heavy atom. The third-order valence-electron chi connectivity index (χ3n) is 4.02. The number of urea groups is 1. The molecule has 4 amide bonds. The lowest BCUT2D eigenvalue weighted by Crippen LogP contribution is -2.54.